The van der Waals surface area contributed by atoms with E-state index in [1.807, 2.05) is 28.7 Å². The number of nitrogens with zero attached hydrogens (tertiary/aromatic N) is 4. The van der Waals surface area contributed by atoms with Gasteiger partial charge in [-0.2, -0.15) is 0 Å². The van der Waals surface area contributed by atoms with Crippen molar-refractivity contribution in [2.75, 3.05) is 12.9 Å². The molecule has 0 aliphatic heterocycles. The van der Waals surface area contributed by atoms with E-state index in [-0.39, 0.29) is 17.1 Å². The first-order chi connectivity index (χ1) is 15.0. The van der Waals surface area contributed by atoms with Gasteiger partial charge in [0, 0.05) is 12.1 Å². The highest BCUT2D eigenvalue weighted by molar-refractivity contribution is 7.99. The van der Waals surface area contributed by atoms with E-state index in [9.17, 15) is 9.59 Å². The van der Waals surface area contributed by atoms with Gasteiger partial charge in [-0.15, -0.1) is 10.2 Å². The third-order valence-electron chi connectivity index (χ3n) is 5.13. The molecule has 0 atom stereocenters. The fourth-order valence-corrected chi connectivity index (χ4v) is 4.26. The summed E-state index contributed by atoms with van der Waals surface area (Å²) in [5.74, 6) is 1.77. The number of ether oxygens (including phenoxy) is 1. The number of para-hydroxylation sites is 1. The highest BCUT2D eigenvalue weighted by Gasteiger charge is 2.18. The summed E-state index contributed by atoms with van der Waals surface area (Å²) in [7, 11) is 1.57. The molecule has 4 rings (SSSR count). The van der Waals surface area contributed by atoms with Crippen LogP contribution in [0.2, 0.25) is 0 Å². The van der Waals surface area contributed by atoms with Gasteiger partial charge in [-0.25, -0.2) is 0 Å². The highest BCUT2D eigenvalue weighted by Crippen LogP contribution is 2.23. The lowest BCUT2D eigenvalue weighted by molar-refractivity contribution is 0.102. The van der Waals surface area contributed by atoms with Crippen LogP contribution in [-0.4, -0.2) is 37.8 Å². The molecule has 2 aromatic heterocycles. The number of hydrogen-bond acceptors (Lipinski definition) is 6. The summed E-state index contributed by atoms with van der Waals surface area (Å²) in [5, 5.41) is 9.82. The summed E-state index contributed by atoms with van der Waals surface area (Å²) in [6.07, 6.45) is 0.859. The predicted molar refractivity (Wildman–Crippen MR) is 122 cm³/mol. The molecule has 0 bridgehead atoms. The molecular formula is C23H24N4O3S. The van der Waals surface area contributed by atoms with Crippen LogP contribution in [0.5, 0.6) is 5.75 Å². The van der Waals surface area contributed by atoms with Crippen LogP contribution in [0.3, 0.4) is 0 Å². The van der Waals surface area contributed by atoms with E-state index in [0.717, 1.165) is 11.9 Å². The zero-order valence-electron chi connectivity index (χ0n) is 17.7. The molecule has 7 nitrogen and oxygen atoms in total. The fourth-order valence-electron chi connectivity index (χ4n) is 3.43. The van der Waals surface area contributed by atoms with Crippen LogP contribution in [0.1, 0.15) is 30.6 Å². The highest BCUT2D eigenvalue weighted by atomic mass is 32.2. The maximum Gasteiger partial charge on any atom is 0.262 e. The standard InChI is InChI=1S/C23H24N4O3S/c1-15(2)11-12-26-21(29)18-9-4-5-10-19(18)27-22(26)24-25-23(27)31-14-20(28)16-7-6-8-17(13-16)30-3/h4-10,13,15H,11-12,14H2,1-3H3. The molecule has 0 saturated carbocycles. The molecule has 0 radical (unpaired) electrons. The molecule has 2 heterocycles. The first-order valence-electron chi connectivity index (χ1n) is 10.2. The third kappa shape index (κ3) is 4.20. The SMILES string of the molecule is COc1cccc(C(=O)CSc2nnc3n(CCC(C)C)c(=O)c4ccccc4n23)c1. The van der Waals surface area contributed by atoms with E-state index >= 15 is 0 Å². The zero-order valence-corrected chi connectivity index (χ0v) is 18.6. The average Bonchev–Trinajstić information content (AvgIpc) is 3.21. The van der Waals surface area contributed by atoms with Crippen LogP contribution in [0.15, 0.2) is 58.5 Å². The normalized spacial score (nSPS) is 11.5. The quantitative estimate of drug-likeness (QED) is 0.306. The number of aromatic nitrogens is 4. The number of thioether (sulfide) groups is 1. The van der Waals surface area contributed by atoms with Gasteiger partial charge in [0.1, 0.15) is 5.75 Å². The number of carbonyl (C=O) groups is 1. The lowest BCUT2D eigenvalue weighted by atomic mass is 10.1. The Morgan fingerprint density at radius 1 is 1.13 bits per heavy atom. The zero-order chi connectivity index (χ0) is 22.0. The number of fused-ring (bicyclic) bond motifs is 3. The van der Waals surface area contributed by atoms with Crippen molar-refractivity contribution in [2.45, 2.75) is 32.0 Å². The number of benzene rings is 2. The smallest absolute Gasteiger partial charge is 0.262 e. The molecule has 4 aromatic rings. The Bertz CT molecular complexity index is 1310. The van der Waals surface area contributed by atoms with Gasteiger partial charge in [-0.1, -0.05) is 49.9 Å². The number of methoxy groups -OCH3 is 1. The summed E-state index contributed by atoms with van der Waals surface area (Å²) in [5.41, 5.74) is 1.25. The molecule has 160 valence electrons. The second-order valence-corrected chi connectivity index (χ2v) is 8.66. The maximum atomic E-state index is 13.1. The molecule has 0 aliphatic rings. The van der Waals surface area contributed by atoms with Crippen LogP contribution in [0.4, 0.5) is 0 Å². The van der Waals surface area contributed by atoms with Gasteiger partial charge in [-0.05, 0) is 36.6 Å². The molecule has 2 aromatic carbocycles. The van der Waals surface area contributed by atoms with E-state index in [1.165, 1.54) is 11.8 Å². The van der Waals surface area contributed by atoms with Gasteiger partial charge in [0.25, 0.3) is 5.56 Å². The van der Waals surface area contributed by atoms with Crippen molar-refractivity contribution >= 4 is 34.2 Å². The van der Waals surface area contributed by atoms with Crippen LogP contribution < -0.4 is 10.3 Å². The van der Waals surface area contributed by atoms with Gasteiger partial charge in [0.05, 0.1) is 23.8 Å². The van der Waals surface area contributed by atoms with Gasteiger partial charge in [0.15, 0.2) is 10.9 Å². The first kappa shape index (κ1) is 21.1. The molecule has 0 spiro atoms. The minimum absolute atomic E-state index is 0.0296. The number of ketones is 1. The maximum absolute atomic E-state index is 13.1. The lowest BCUT2D eigenvalue weighted by Gasteiger charge is -2.12. The second kappa shape index (κ2) is 8.93. The van der Waals surface area contributed by atoms with Crippen molar-refractivity contribution in [1.82, 2.24) is 19.2 Å². The van der Waals surface area contributed by atoms with Gasteiger partial charge >= 0.3 is 0 Å². The molecule has 31 heavy (non-hydrogen) atoms. The van der Waals surface area contributed by atoms with Crippen molar-refractivity contribution in [2.24, 2.45) is 5.92 Å². The second-order valence-electron chi connectivity index (χ2n) is 7.72. The number of aryl methyl sites for hydroxylation is 1. The van der Waals surface area contributed by atoms with Crippen molar-refractivity contribution in [3.05, 3.63) is 64.4 Å². The minimum atomic E-state index is -0.0693. The molecule has 0 aliphatic carbocycles. The average molecular weight is 437 g/mol. The molecule has 8 heteroatoms. The monoisotopic (exact) mass is 436 g/mol. The summed E-state index contributed by atoms with van der Waals surface area (Å²) in [4.78, 5) is 25.8. The van der Waals surface area contributed by atoms with Crippen LogP contribution in [0.25, 0.3) is 16.7 Å². The van der Waals surface area contributed by atoms with Crippen molar-refractivity contribution in [3.8, 4) is 5.75 Å². The Labute approximate surface area is 184 Å². The Morgan fingerprint density at radius 3 is 2.71 bits per heavy atom. The molecule has 0 saturated heterocycles. The van der Waals surface area contributed by atoms with Crippen LogP contribution in [0, 0.1) is 5.92 Å². The summed E-state index contributed by atoms with van der Waals surface area (Å²) in [6, 6.07) is 14.5. The topological polar surface area (TPSA) is 78.5 Å². The Kier molecular flexibility index (Phi) is 6.08. The summed E-state index contributed by atoms with van der Waals surface area (Å²) >= 11 is 1.31. The van der Waals surface area contributed by atoms with Gasteiger partial charge < -0.3 is 4.74 Å². The predicted octanol–water partition coefficient (Wildman–Crippen LogP) is 4.07. The van der Waals surface area contributed by atoms with Gasteiger partial charge in [0.2, 0.25) is 5.78 Å². The Balaban J connectivity index is 1.72. The molecular weight excluding hydrogens is 412 g/mol. The molecule has 0 amide bonds. The number of rotatable bonds is 8. The Morgan fingerprint density at radius 2 is 1.94 bits per heavy atom. The molecule has 0 unspecified atom stereocenters. The van der Waals surface area contributed by atoms with Crippen molar-refractivity contribution in [1.29, 1.82) is 0 Å². The van der Waals surface area contributed by atoms with E-state index in [2.05, 4.69) is 24.0 Å². The van der Waals surface area contributed by atoms with E-state index in [0.29, 0.717) is 40.1 Å². The van der Waals surface area contributed by atoms with Crippen molar-refractivity contribution in [3.63, 3.8) is 0 Å². The number of Topliss-reactive ketones (excluding diaryl/α,β-unsaturated/α-hetero) is 1. The first-order valence-corrected chi connectivity index (χ1v) is 11.1. The summed E-state index contributed by atoms with van der Waals surface area (Å²) < 4.78 is 8.77. The van der Waals surface area contributed by atoms with Crippen LogP contribution >= 0.6 is 11.8 Å². The van der Waals surface area contributed by atoms with Crippen molar-refractivity contribution < 1.29 is 9.53 Å². The van der Waals surface area contributed by atoms with Gasteiger partial charge in [-0.3, -0.25) is 18.6 Å². The number of hydrogen-bond donors (Lipinski definition) is 0. The number of carbonyl (C=O) groups excluding carboxylic acids is 1. The fraction of sp³-hybridized carbons (Fsp3) is 0.304. The largest absolute Gasteiger partial charge is 0.497 e. The molecule has 0 fully saturated rings. The third-order valence-corrected chi connectivity index (χ3v) is 6.06. The van der Waals surface area contributed by atoms with E-state index in [1.54, 1.807) is 35.9 Å². The van der Waals surface area contributed by atoms with Crippen LogP contribution in [-0.2, 0) is 6.54 Å². The Hall–Kier alpha value is -3.13. The lowest BCUT2D eigenvalue weighted by Crippen LogP contribution is -2.24. The minimum Gasteiger partial charge on any atom is -0.497 e. The summed E-state index contributed by atoms with van der Waals surface area (Å²) in [6.45, 7) is 4.81. The van der Waals surface area contributed by atoms with E-state index < -0.39 is 0 Å². The molecule has 0 N–H and O–H groups in total. The van der Waals surface area contributed by atoms with E-state index in [4.69, 9.17) is 4.74 Å².